The van der Waals surface area contributed by atoms with Gasteiger partial charge >= 0.3 is 31.7 Å². The largest absolute Gasteiger partial charge is 0.475 e. The van der Waals surface area contributed by atoms with Crippen molar-refractivity contribution in [2.75, 3.05) is 13.2 Å². The Balaban J connectivity index is 1.64. The summed E-state index contributed by atoms with van der Waals surface area (Å²) in [5.41, 5.74) is 12.1. The zero-order valence-corrected chi connectivity index (χ0v) is 50.4. The van der Waals surface area contributed by atoms with E-state index in [0.29, 0.717) is 17.5 Å². The Morgan fingerprint density at radius 3 is 1.88 bits per heavy atom. The van der Waals surface area contributed by atoms with E-state index in [0.717, 1.165) is 5.56 Å². The standard InChI is InChI=1S/C56H85N4O18PSi/c1-13-35(6)27-47(64)75-51-36(7)42(73-55(50(51)59-60-57)78-80(11,12)56(8,9)10)34-68-54-49(58-44(61)28-40(14-2)71-45(62)16-4)53(76-48(65)29-41(15-3)72-46(63)17-5)52(43(74-54)33-67-30-37-23-19-18-20-24-37)77-79(66)69-31-38-25-21-22-26-39(38)32-70-79/h18-26,35-36,40-43,49-55H,13-17,27-34H2,1-12H3,(H,58,61)/t35-,36-,40-,41-,42?,43?,49?,50?,51+,52-,53-,54-,55?/m1/s1. The number of esters is 4. The van der Waals surface area contributed by atoms with Gasteiger partial charge in [0.2, 0.25) is 5.91 Å². The highest BCUT2D eigenvalue weighted by Crippen LogP contribution is 2.55. The maximum Gasteiger partial charge on any atom is 0.475 e. The van der Waals surface area contributed by atoms with Crippen molar-refractivity contribution in [1.82, 2.24) is 5.32 Å². The van der Waals surface area contributed by atoms with Crippen LogP contribution in [0.1, 0.15) is 137 Å². The van der Waals surface area contributed by atoms with Crippen molar-refractivity contribution in [2.45, 2.75) is 226 Å². The third kappa shape index (κ3) is 19.2. The van der Waals surface area contributed by atoms with E-state index in [2.05, 4.69) is 15.3 Å². The minimum absolute atomic E-state index is 0.00911. The van der Waals surface area contributed by atoms with Gasteiger partial charge in [-0.3, -0.25) is 37.5 Å². The zero-order chi connectivity index (χ0) is 58.8. The summed E-state index contributed by atoms with van der Waals surface area (Å²) in [6.45, 7) is 21.5. The molecule has 3 aliphatic rings. The number of hydrogen-bond donors (Lipinski definition) is 1. The number of rotatable bonds is 28. The highest BCUT2D eigenvalue weighted by Gasteiger charge is 2.55. The first-order valence-corrected chi connectivity index (χ1v) is 32.3. The van der Waals surface area contributed by atoms with Gasteiger partial charge in [-0.25, -0.2) is 4.57 Å². The van der Waals surface area contributed by atoms with Crippen LogP contribution in [0.25, 0.3) is 10.4 Å². The van der Waals surface area contributed by atoms with Gasteiger partial charge in [0.1, 0.15) is 42.6 Å². The summed E-state index contributed by atoms with van der Waals surface area (Å²) in [6.07, 6.45) is -10.7. The van der Waals surface area contributed by atoms with E-state index < -0.39 is 126 Å². The molecule has 0 aliphatic carbocycles. The Morgan fingerprint density at radius 2 is 1.31 bits per heavy atom. The van der Waals surface area contributed by atoms with Crippen molar-refractivity contribution in [1.29, 1.82) is 0 Å². The summed E-state index contributed by atoms with van der Waals surface area (Å²) in [4.78, 5) is 70.8. The molecule has 0 aromatic heterocycles. The number of phosphoric ester groups is 1. The van der Waals surface area contributed by atoms with Gasteiger partial charge in [-0.05, 0) is 59.1 Å². The topological polar surface area (TPSA) is 274 Å². The molecular weight excluding hydrogens is 1080 g/mol. The molecule has 22 nitrogen and oxygen atoms in total. The lowest BCUT2D eigenvalue weighted by molar-refractivity contribution is -0.292. The summed E-state index contributed by atoms with van der Waals surface area (Å²) in [5.74, 6) is -3.92. The molecule has 2 aromatic carbocycles. The number of azide groups is 1. The number of carbonyl (C=O) groups excluding carboxylic acids is 5. The molecule has 3 aliphatic heterocycles. The molecule has 0 saturated carbocycles. The van der Waals surface area contributed by atoms with Crippen molar-refractivity contribution < 1.29 is 84.4 Å². The Labute approximate surface area is 471 Å². The molecule has 2 fully saturated rings. The summed E-state index contributed by atoms with van der Waals surface area (Å²) < 4.78 is 90.5. The normalized spacial score (nSPS) is 25.9. The van der Waals surface area contributed by atoms with Crippen LogP contribution in [0.4, 0.5) is 0 Å². The number of fused-ring (bicyclic) bond motifs is 1. The predicted molar refractivity (Wildman–Crippen MR) is 294 cm³/mol. The number of hydrogen-bond acceptors (Lipinski definition) is 19. The van der Waals surface area contributed by atoms with Crippen LogP contribution in [0.5, 0.6) is 0 Å². The average Bonchev–Trinajstić information content (AvgIpc) is 3.74. The van der Waals surface area contributed by atoms with E-state index in [1.165, 1.54) is 0 Å². The highest BCUT2D eigenvalue weighted by atomic mass is 31.2. The van der Waals surface area contributed by atoms with Gasteiger partial charge in [-0.1, -0.05) is 135 Å². The van der Waals surface area contributed by atoms with Crippen molar-refractivity contribution >= 4 is 45.9 Å². The van der Waals surface area contributed by atoms with Crippen LogP contribution in [0.2, 0.25) is 18.1 Å². The van der Waals surface area contributed by atoms with E-state index in [9.17, 15) is 34.1 Å². The molecule has 80 heavy (non-hydrogen) atoms. The predicted octanol–water partition coefficient (Wildman–Crippen LogP) is 10.2. The van der Waals surface area contributed by atoms with Gasteiger partial charge in [0.15, 0.2) is 27.0 Å². The molecule has 0 spiro atoms. The van der Waals surface area contributed by atoms with Crippen LogP contribution in [-0.4, -0.2) is 119 Å². The Hall–Kier alpha value is -4.77. The molecule has 1 amide bonds. The number of amides is 1. The monoisotopic (exact) mass is 1160 g/mol. The van der Waals surface area contributed by atoms with Gasteiger partial charge in [0, 0.05) is 30.1 Å². The van der Waals surface area contributed by atoms with Gasteiger partial charge < -0.3 is 47.6 Å². The molecule has 5 unspecified atom stereocenters. The molecule has 2 saturated heterocycles. The highest BCUT2D eigenvalue weighted by molar-refractivity contribution is 7.48. The fourth-order valence-electron chi connectivity index (χ4n) is 8.75. The first kappa shape index (κ1) is 66.0. The number of carbonyl (C=O) groups is 5. The second-order valence-electron chi connectivity index (χ2n) is 22.1. The summed E-state index contributed by atoms with van der Waals surface area (Å²) >= 11 is 0. The van der Waals surface area contributed by atoms with Crippen molar-refractivity contribution in [3.63, 3.8) is 0 Å². The minimum Gasteiger partial charge on any atom is -0.462 e. The second kappa shape index (κ2) is 31.0. The smallest absolute Gasteiger partial charge is 0.462 e. The van der Waals surface area contributed by atoms with E-state index in [1.54, 1.807) is 58.9 Å². The molecule has 1 N–H and O–H groups in total. The third-order valence-corrected chi connectivity index (χ3v) is 20.8. The van der Waals surface area contributed by atoms with E-state index in [-0.39, 0.29) is 82.5 Å². The first-order chi connectivity index (χ1) is 38.0. The van der Waals surface area contributed by atoms with Gasteiger partial charge in [-0.2, -0.15) is 0 Å². The van der Waals surface area contributed by atoms with E-state index in [4.69, 9.17) is 55.9 Å². The van der Waals surface area contributed by atoms with E-state index in [1.807, 2.05) is 78.0 Å². The SMILES string of the molecule is CCC(=O)O[C@H](CC)CC(=O)NC1[C@H](OCC2OC(O[Si](C)(C)C(C)(C)C)C(N=[N+]=[N-])[C@@H](OC(=O)C[C@H](C)CC)[C@@H]2C)OC(COCc2ccccc2)[C@@H](OP2(=O)OCc3ccccc3CO2)[C@@H]1OC(=O)C[C@@H](CC)OC(=O)CC. The third-order valence-electron chi connectivity index (χ3n) is 15.0. The lowest BCUT2D eigenvalue weighted by Gasteiger charge is -2.49. The quantitative estimate of drug-likeness (QED) is 0.0158. The molecule has 446 valence electrons. The summed E-state index contributed by atoms with van der Waals surface area (Å²) in [7, 11) is -7.36. The van der Waals surface area contributed by atoms with Gasteiger partial charge in [0.25, 0.3) is 0 Å². The van der Waals surface area contributed by atoms with Crippen molar-refractivity contribution in [3.8, 4) is 0 Å². The van der Waals surface area contributed by atoms with Crippen LogP contribution in [-0.2, 0) is 104 Å². The Kier molecular flexibility index (Phi) is 25.6. The molecular formula is C56H85N4O18PSi. The van der Waals surface area contributed by atoms with Crippen LogP contribution in [0, 0.1) is 11.8 Å². The number of benzene rings is 2. The fourth-order valence-corrected chi connectivity index (χ4v) is 11.2. The number of ether oxygens (including phenoxy) is 8. The second-order valence-corrected chi connectivity index (χ2v) is 28.4. The summed E-state index contributed by atoms with van der Waals surface area (Å²) in [5, 5.41) is 6.68. The van der Waals surface area contributed by atoms with Gasteiger partial charge in [0.05, 0.1) is 52.0 Å². The van der Waals surface area contributed by atoms with Crippen LogP contribution < -0.4 is 5.32 Å². The van der Waals surface area contributed by atoms with Crippen LogP contribution >= 0.6 is 7.82 Å². The maximum atomic E-state index is 15.0. The van der Waals surface area contributed by atoms with Crippen molar-refractivity contribution in [2.24, 2.45) is 17.0 Å². The van der Waals surface area contributed by atoms with Crippen LogP contribution in [0.3, 0.4) is 0 Å². The molecule has 24 heteroatoms. The molecule has 0 bridgehead atoms. The number of nitrogens with one attached hydrogen (secondary N) is 1. The molecule has 13 atom stereocenters. The first-order valence-electron chi connectivity index (χ1n) is 27.9. The number of nitrogens with zero attached hydrogens (tertiary/aromatic N) is 3. The number of phosphoric acid groups is 1. The molecule has 3 heterocycles. The Bertz CT molecular complexity index is 2410. The van der Waals surface area contributed by atoms with Gasteiger partial charge in [-0.15, -0.1) is 0 Å². The molecule has 5 rings (SSSR count). The molecule has 0 radical (unpaired) electrons. The summed E-state index contributed by atoms with van der Waals surface area (Å²) in [6, 6.07) is 13.8. The molecule has 2 aromatic rings. The lowest BCUT2D eigenvalue weighted by Crippen LogP contribution is -2.67. The Morgan fingerprint density at radius 1 is 0.750 bits per heavy atom. The average molecular weight is 1160 g/mol. The van der Waals surface area contributed by atoms with E-state index >= 15 is 0 Å². The van der Waals surface area contributed by atoms with Crippen molar-refractivity contribution in [3.05, 3.63) is 81.7 Å². The maximum absolute atomic E-state index is 15.0. The zero-order valence-electron chi connectivity index (χ0n) is 48.5. The fraction of sp³-hybridized carbons (Fsp3) is 0.696. The minimum atomic E-state index is -4.64. The van der Waals surface area contributed by atoms with Crippen LogP contribution in [0.15, 0.2) is 59.7 Å². The lowest BCUT2D eigenvalue weighted by atomic mass is 9.89.